The van der Waals surface area contributed by atoms with Crippen molar-refractivity contribution in [1.29, 1.82) is 0 Å². The number of pyridine rings is 1. The molecule has 0 fully saturated rings. The van der Waals surface area contributed by atoms with Gasteiger partial charge in [0.15, 0.2) is 0 Å². The van der Waals surface area contributed by atoms with Crippen molar-refractivity contribution >= 4 is 11.8 Å². The van der Waals surface area contributed by atoms with Crippen molar-refractivity contribution in [3.8, 4) is 0 Å². The third-order valence-corrected chi connectivity index (χ3v) is 4.86. The predicted octanol–water partition coefficient (Wildman–Crippen LogP) is -4.87. The summed E-state index contributed by atoms with van der Waals surface area (Å²) in [4.78, 5) is 14.1. The molecule has 2 aromatic carbocycles. The molecule has 1 aromatic heterocycles. The van der Waals surface area contributed by atoms with Gasteiger partial charge in [-0.25, -0.2) is 15.0 Å². The molecule has 167 valence electrons. The van der Waals surface area contributed by atoms with E-state index in [4.69, 9.17) is 19.5 Å². The minimum Gasteiger partial charge on any atom is -1.00 e. The van der Waals surface area contributed by atoms with Crippen LogP contribution in [0.4, 0.5) is 0 Å². The van der Waals surface area contributed by atoms with Crippen LogP contribution in [-0.2, 0) is 28.0 Å². The van der Waals surface area contributed by atoms with Crippen LogP contribution < -0.4 is 37.2 Å². The fraction of sp³-hybridized carbons (Fsp3) is 0.174. The quantitative estimate of drug-likeness (QED) is 0.343. The maximum atomic E-state index is 5.82. The molecule has 1 radical (unpaired) electrons. The smallest absolute Gasteiger partial charge is 0.236 e. The first-order valence-electron chi connectivity index (χ1n) is 9.36. The number of aliphatic imine (C=N–C) groups is 2. The second-order valence-corrected chi connectivity index (χ2v) is 6.75. The van der Waals surface area contributed by atoms with E-state index in [1.165, 1.54) is 0 Å². The molecule has 0 aliphatic carbocycles. The van der Waals surface area contributed by atoms with E-state index >= 15 is 0 Å². The Hall–Kier alpha value is -2.02. The second kappa shape index (κ2) is 12.9. The summed E-state index contributed by atoms with van der Waals surface area (Å²) in [5.41, 5.74) is 3.68. The van der Waals surface area contributed by atoms with Crippen molar-refractivity contribution in [2.45, 2.75) is 12.1 Å². The average molecular weight is 527 g/mol. The SMILES string of the molecule is [Cl-].[Cl-].[Cl-].[V].c1ccc(C2COC(c3cccc(C4=NC(c5ccccc5)CO4)n3)=N2)cc1. The molecule has 2 atom stereocenters. The largest absolute Gasteiger partial charge is 1.00 e. The van der Waals surface area contributed by atoms with Crippen molar-refractivity contribution in [2.75, 3.05) is 13.2 Å². The van der Waals surface area contributed by atoms with Gasteiger partial charge in [-0.05, 0) is 23.3 Å². The van der Waals surface area contributed by atoms with Gasteiger partial charge in [-0.2, -0.15) is 0 Å². The summed E-state index contributed by atoms with van der Waals surface area (Å²) in [6.07, 6.45) is 0. The van der Waals surface area contributed by atoms with E-state index in [2.05, 4.69) is 29.2 Å². The van der Waals surface area contributed by atoms with Gasteiger partial charge in [0.1, 0.15) is 36.7 Å². The van der Waals surface area contributed by atoms with E-state index in [9.17, 15) is 0 Å². The van der Waals surface area contributed by atoms with E-state index in [0.717, 1.165) is 11.1 Å². The van der Waals surface area contributed by atoms with Crippen molar-refractivity contribution in [1.82, 2.24) is 4.98 Å². The topological polar surface area (TPSA) is 56.1 Å². The van der Waals surface area contributed by atoms with Crippen LogP contribution in [0, 0.1) is 0 Å². The molecule has 0 bridgehead atoms. The number of aromatic nitrogens is 1. The minimum absolute atomic E-state index is 0. The number of nitrogens with zero attached hydrogens (tertiary/aromatic N) is 3. The number of hydrogen-bond donors (Lipinski definition) is 0. The molecule has 2 aliphatic rings. The maximum absolute atomic E-state index is 5.82. The van der Waals surface area contributed by atoms with Gasteiger partial charge >= 0.3 is 0 Å². The summed E-state index contributed by atoms with van der Waals surface area (Å²) in [7, 11) is 0. The molecular weight excluding hydrogens is 508 g/mol. The molecule has 32 heavy (non-hydrogen) atoms. The number of rotatable bonds is 4. The van der Waals surface area contributed by atoms with Gasteiger partial charge < -0.3 is 46.7 Å². The fourth-order valence-electron chi connectivity index (χ4n) is 3.39. The Morgan fingerprint density at radius 2 is 0.969 bits per heavy atom. The summed E-state index contributed by atoms with van der Waals surface area (Å²) in [6.45, 7) is 1.05. The summed E-state index contributed by atoms with van der Waals surface area (Å²) >= 11 is 0. The number of benzene rings is 2. The molecule has 2 aliphatic heterocycles. The van der Waals surface area contributed by atoms with E-state index in [1.54, 1.807) is 0 Å². The first kappa shape index (κ1) is 28.0. The second-order valence-electron chi connectivity index (χ2n) is 6.75. The molecular formula is C23H19Cl3N3O2V-3. The zero-order valence-corrected chi connectivity index (χ0v) is 20.5. The van der Waals surface area contributed by atoms with Crippen LogP contribution in [0.3, 0.4) is 0 Å². The van der Waals surface area contributed by atoms with Gasteiger partial charge in [0.05, 0.1) is 0 Å². The van der Waals surface area contributed by atoms with Crippen LogP contribution in [0.5, 0.6) is 0 Å². The molecule has 0 spiro atoms. The van der Waals surface area contributed by atoms with E-state index in [-0.39, 0.29) is 67.9 Å². The Morgan fingerprint density at radius 1 is 0.562 bits per heavy atom. The van der Waals surface area contributed by atoms with E-state index in [1.807, 2.05) is 54.6 Å². The van der Waals surface area contributed by atoms with Crippen LogP contribution in [0.15, 0.2) is 88.8 Å². The summed E-state index contributed by atoms with van der Waals surface area (Å²) < 4.78 is 11.6. The van der Waals surface area contributed by atoms with Crippen molar-refractivity contribution in [2.24, 2.45) is 9.98 Å². The molecule has 0 amide bonds. The summed E-state index contributed by atoms with van der Waals surface area (Å²) in [5.74, 6) is 1.13. The van der Waals surface area contributed by atoms with E-state index in [0.29, 0.717) is 36.4 Å². The molecule has 3 aromatic rings. The molecule has 3 heterocycles. The van der Waals surface area contributed by atoms with Crippen molar-refractivity contribution in [3.63, 3.8) is 0 Å². The van der Waals surface area contributed by atoms with Gasteiger partial charge in [0.2, 0.25) is 11.8 Å². The zero-order valence-electron chi connectivity index (χ0n) is 16.8. The minimum atomic E-state index is 0. The standard InChI is InChI=1S/C23H19N3O2.3ClH.V/c1-3-8-16(9-4-1)20-14-27-22(25-20)18-12-7-13-19(24-18)23-26-21(15-28-23)17-10-5-2-6-11-17;;;;/h1-13,20-21H,14-15H2;3*1H;/p-3. The Morgan fingerprint density at radius 3 is 1.38 bits per heavy atom. The molecule has 5 rings (SSSR count). The van der Waals surface area contributed by atoms with Crippen LogP contribution in [0.25, 0.3) is 0 Å². The number of halogens is 3. The third kappa shape index (κ3) is 6.06. The zero-order chi connectivity index (χ0) is 18.8. The van der Waals surface area contributed by atoms with Crippen LogP contribution >= 0.6 is 0 Å². The van der Waals surface area contributed by atoms with Gasteiger partial charge in [-0.1, -0.05) is 66.7 Å². The van der Waals surface area contributed by atoms with Crippen molar-refractivity contribution in [3.05, 3.63) is 101 Å². The fourth-order valence-corrected chi connectivity index (χ4v) is 3.39. The van der Waals surface area contributed by atoms with Crippen LogP contribution in [0.1, 0.15) is 34.6 Å². The molecule has 2 unspecified atom stereocenters. The van der Waals surface area contributed by atoms with Gasteiger partial charge in [-0.15, -0.1) is 0 Å². The van der Waals surface area contributed by atoms with E-state index < -0.39 is 0 Å². The number of hydrogen-bond acceptors (Lipinski definition) is 5. The monoisotopic (exact) mass is 525 g/mol. The molecule has 0 N–H and O–H groups in total. The maximum Gasteiger partial charge on any atom is 0.236 e. The molecule has 0 saturated carbocycles. The van der Waals surface area contributed by atoms with Crippen LogP contribution in [0.2, 0.25) is 0 Å². The third-order valence-electron chi connectivity index (χ3n) is 4.86. The Bertz CT molecular complexity index is 972. The van der Waals surface area contributed by atoms with Gasteiger partial charge in [-0.3, -0.25) is 0 Å². The Kier molecular flexibility index (Phi) is 11.3. The Balaban J connectivity index is 0.00000128. The first-order valence-corrected chi connectivity index (χ1v) is 9.36. The van der Waals surface area contributed by atoms with Gasteiger partial charge in [0.25, 0.3) is 0 Å². The summed E-state index contributed by atoms with van der Waals surface area (Å²) in [5, 5.41) is 0. The molecule has 0 saturated heterocycles. The molecule has 5 nitrogen and oxygen atoms in total. The summed E-state index contributed by atoms with van der Waals surface area (Å²) in [6, 6.07) is 26.1. The first-order chi connectivity index (χ1) is 13.9. The number of ether oxygens (including phenoxy) is 2. The van der Waals surface area contributed by atoms with Gasteiger partial charge in [0, 0.05) is 18.6 Å². The predicted molar refractivity (Wildman–Crippen MR) is 108 cm³/mol. The molecule has 9 heteroatoms. The average Bonchev–Trinajstić information content (AvgIpc) is 3.46. The van der Waals surface area contributed by atoms with Crippen LogP contribution in [-0.4, -0.2) is 30.0 Å². The normalized spacial score (nSPS) is 18.2. The Labute approximate surface area is 217 Å². The van der Waals surface area contributed by atoms with Crippen molar-refractivity contribution < 1.29 is 65.3 Å².